The summed E-state index contributed by atoms with van der Waals surface area (Å²) in [6, 6.07) is 4.02. The van der Waals surface area contributed by atoms with E-state index in [0.29, 0.717) is 28.8 Å². The first kappa shape index (κ1) is 27.4. The molecule has 0 bridgehead atoms. The molecule has 0 saturated carbocycles. The number of thioether (sulfide) groups is 1. The van der Waals surface area contributed by atoms with E-state index in [0.717, 1.165) is 23.1 Å². The van der Waals surface area contributed by atoms with E-state index in [1.165, 1.54) is 18.2 Å². The number of esters is 1. The highest BCUT2D eigenvalue weighted by Gasteiger charge is 2.26. The molecule has 0 saturated heterocycles. The maximum Gasteiger partial charge on any atom is 0.341 e. The second-order valence-corrected chi connectivity index (χ2v) is 9.56. The Hall–Kier alpha value is -3.16. The van der Waals surface area contributed by atoms with Crippen molar-refractivity contribution in [2.24, 2.45) is 5.73 Å². The normalized spacial score (nSPS) is 10.8. The van der Waals surface area contributed by atoms with Gasteiger partial charge in [0, 0.05) is 12.6 Å². The predicted octanol–water partition coefficient (Wildman–Crippen LogP) is 4.05. The summed E-state index contributed by atoms with van der Waals surface area (Å²) in [6.07, 6.45) is 0. The summed E-state index contributed by atoms with van der Waals surface area (Å²) in [5.41, 5.74) is 5.85. The van der Waals surface area contributed by atoms with Crippen molar-refractivity contribution in [3.8, 4) is 5.75 Å². The molecular formula is C22H23ClFN5O5S2. The number of anilines is 1. The molecular weight excluding hydrogens is 533 g/mol. The van der Waals surface area contributed by atoms with Gasteiger partial charge in [-0.15, -0.1) is 21.5 Å². The average Bonchev–Trinajstić information content (AvgIpc) is 3.38. The van der Waals surface area contributed by atoms with Crippen LogP contribution in [0.4, 0.5) is 9.39 Å². The number of amides is 2. The van der Waals surface area contributed by atoms with Gasteiger partial charge >= 0.3 is 5.97 Å². The Balaban J connectivity index is 1.67. The predicted molar refractivity (Wildman–Crippen MR) is 134 cm³/mol. The lowest BCUT2D eigenvalue weighted by Gasteiger charge is -2.09. The molecule has 36 heavy (non-hydrogen) atoms. The summed E-state index contributed by atoms with van der Waals surface area (Å²) in [4.78, 5) is 36.9. The quantitative estimate of drug-likeness (QED) is 0.267. The Morgan fingerprint density at radius 3 is 2.67 bits per heavy atom. The van der Waals surface area contributed by atoms with Gasteiger partial charge in [0.1, 0.15) is 23.2 Å². The van der Waals surface area contributed by atoms with Crippen molar-refractivity contribution in [3.05, 3.63) is 50.9 Å². The van der Waals surface area contributed by atoms with E-state index in [2.05, 4.69) is 15.5 Å². The minimum Gasteiger partial charge on any atom is -0.486 e. The second-order valence-electron chi connectivity index (χ2n) is 7.19. The molecule has 2 amide bonds. The molecule has 0 aliphatic heterocycles. The van der Waals surface area contributed by atoms with Crippen molar-refractivity contribution in [3.63, 3.8) is 0 Å². The van der Waals surface area contributed by atoms with Gasteiger partial charge < -0.3 is 25.1 Å². The second kappa shape index (κ2) is 12.2. The number of hydrogen-bond acceptors (Lipinski definition) is 9. The minimum absolute atomic E-state index is 0.0440. The third-order valence-electron chi connectivity index (χ3n) is 4.80. The number of rotatable bonds is 11. The lowest BCUT2D eigenvalue weighted by atomic mass is 10.1. The lowest BCUT2D eigenvalue weighted by Crippen LogP contribution is -2.17. The molecule has 3 rings (SSSR count). The zero-order valence-electron chi connectivity index (χ0n) is 19.6. The number of aromatic nitrogens is 3. The Kier molecular flexibility index (Phi) is 9.29. The number of ether oxygens (including phenoxy) is 2. The van der Waals surface area contributed by atoms with Gasteiger partial charge in [0.25, 0.3) is 5.91 Å². The number of hydrogen-bond donors (Lipinski definition) is 2. The summed E-state index contributed by atoms with van der Waals surface area (Å²) in [5.74, 6) is -1.49. The van der Waals surface area contributed by atoms with Crippen LogP contribution in [0, 0.1) is 12.7 Å². The minimum atomic E-state index is -0.702. The van der Waals surface area contributed by atoms with Gasteiger partial charge in [0.15, 0.2) is 11.0 Å². The van der Waals surface area contributed by atoms with E-state index in [9.17, 15) is 18.8 Å². The number of thiophene rings is 1. The molecule has 0 atom stereocenters. The highest BCUT2D eigenvalue weighted by Crippen LogP contribution is 2.34. The third kappa shape index (κ3) is 6.33. The highest BCUT2D eigenvalue weighted by atomic mass is 35.5. The van der Waals surface area contributed by atoms with Crippen molar-refractivity contribution >= 4 is 57.5 Å². The van der Waals surface area contributed by atoms with Crippen LogP contribution in [0.25, 0.3) is 0 Å². The number of halogens is 2. The van der Waals surface area contributed by atoms with E-state index >= 15 is 0 Å². The SMILES string of the molecule is CCOC(=O)c1c(NC(=O)CSc2nnc(COc3ccc(F)c(Cl)c3)n2CC)sc(C(N)=O)c1C. The number of nitrogens with zero attached hydrogens (tertiary/aromatic N) is 3. The zero-order chi connectivity index (χ0) is 26.4. The number of carbonyl (C=O) groups is 3. The maximum absolute atomic E-state index is 13.3. The van der Waals surface area contributed by atoms with Crippen molar-refractivity contribution in [2.75, 3.05) is 17.7 Å². The molecule has 0 aliphatic rings. The molecule has 192 valence electrons. The molecule has 0 unspecified atom stereocenters. The van der Waals surface area contributed by atoms with Gasteiger partial charge in [-0.2, -0.15) is 0 Å². The average molecular weight is 556 g/mol. The Bertz CT molecular complexity index is 1300. The van der Waals surface area contributed by atoms with E-state index in [4.69, 9.17) is 26.8 Å². The number of nitrogens with two attached hydrogens (primary N) is 1. The monoisotopic (exact) mass is 555 g/mol. The molecule has 2 heterocycles. The van der Waals surface area contributed by atoms with Crippen LogP contribution in [0.5, 0.6) is 5.75 Å². The van der Waals surface area contributed by atoms with E-state index < -0.39 is 23.6 Å². The van der Waals surface area contributed by atoms with Gasteiger partial charge in [0.2, 0.25) is 5.91 Å². The van der Waals surface area contributed by atoms with Crippen LogP contribution in [0.1, 0.15) is 45.3 Å². The van der Waals surface area contributed by atoms with Gasteiger partial charge in [0.05, 0.1) is 27.8 Å². The largest absolute Gasteiger partial charge is 0.486 e. The van der Waals surface area contributed by atoms with Crippen LogP contribution in [-0.2, 0) is 22.7 Å². The fraction of sp³-hybridized carbons (Fsp3) is 0.318. The van der Waals surface area contributed by atoms with Gasteiger partial charge in [-0.25, -0.2) is 9.18 Å². The van der Waals surface area contributed by atoms with E-state index in [1.807, 2.05) is 6.92 Å². The van der Waals surface area contributed by atoms with Crippen molar-refractivity contribution in [1.82, 2.24) is 14.8 Å². The third-order valence-corrected chi connectivity index (χ3v) is 7.28. The van der Waals surface area contributed by atoms with Crippen LogP contribution in [-0.4, -0.2) is 44.9 Å². The Morgan fingerprint density at radius 1 is 1.28 bits per heavy atom. The highest BCUT2D eigenvalue weighted by molar-refractivity contribution is 7.99. The first-order valence-electron chi connectivity index (χ1n) is 10.7. The Morgan fingerprint density at radius 2 is 2.03 bits per heavy atom. The molecule has 0 radical (unpaired) electrons. The Labute approximate surface area is 219 Å². The van der Waals surface area contributed by atoms with Crippen LogP contribution in [0.2, 0.25) is 5.02 Å². The smallest absolute Gasteiger partial charge is 0.341 e. The van der Waals surface area contributed by atoms with Crippen molar-refractivity contribution < 1.29 is 28.2 Å². The summed E-state index contributed by atoms with van der Waals surface area (Å²) in [5, 5.41) is 11.5. The van der Waals surface area contributed by atoms with Crippen LogP contribution >= 0.6 is 34.7 Å². The summed E-state index contributed by atoms with van der Waals surface area (Å²) in [6.45, 7) is 5.82. The van der Waals surface area contributed by atoms with Gasteiger partial charge in [-0.05, 0) is 38.5 Å². The van der Waals surface area contributed by atoms with Crippen LogP contribution < -0.4 is 15.8 Å². The van der Waals surface area contributed by atoms with Crippen LogP contribution in [0.3, 0.4) is 0 Å². The van der Waals surface area contributed by atoms with Crippen molar-refractivity contribution in [1.29, 1.82) is 0 Å². The number of carbonyl (C=O) groups excluding carboxylic acids is 3. The molecule has 10 nitrogen and oxygen atoms in total. The molecule has 0 spiro atoms. The first-order valence-corrected chi connectivity index (χ1v) is 12.9. The van der Waals surface area contributed by atoms with Crippen molar-refractivity contribution in [2.45, 2.75) is 39.1 Å². The standard InChI is InChI=1S/C22H23ClFN5O5S2/c1-4-29-15(9-34-12-6-7-14(24)13(23)8-12)27-28-22(29)35-10-16(30)26-20-17(21(32)33-5-2)11(3)18(36-20)19(25)31/h6-8H,4-5,9-10H2,1-3H3,(H2,25,31)(H,26,30). The molecule has 0 aliphatic carbocycles. The van der Waals surface area contributed by atoms with Gasteiger partial charge in [-0.1, -0.05) is 23.4 Å². The van der Waals surface area contributed by atoms with E-state index in [1.54, 1.807) is 18.4 Å². The lowest BCUT2D eigenvalue weighted by molar-refractivity contribution is -0.113. The fourth-order valence-electron chi connectivity index (χ4n) is 3.14. The fourth-order valence-corrected chi connectivity index (χ4v) is 5.20. The molecule has 3 aromatic rings. The van der Waals surface area contributed by atoms with E-state index in [-0.39, 0.29) is 39.4 Å². The molecule has 2 aromatic heterocycles. The molecule has 3 N–H and O–H groups in total. The molecule has 14 heteroatoms. The van der Waals surface area contributed by atoms with Crippen LogP contribution in [0.15, 0.2) is 23.4 Å². The molecule has 0 fully saturated rings. The maximum atomic E-state index is 13.3. The number of primary amides is 1. The summed E-state index contributed by atoms with van der Waals surface area (Å²) in [7, 11) is 0. The summed E-state index contributed by atoms with van der Waals surface area (Å²) < 4.78 is 25.8. The summed E-state index contributed by atoms with van der Waals surface area (Å²) >= 11 is 7.83. The molecule has 1 aromatic carbocycles. The first-order chi connectivity index (χ1) is 17.2. The van der Waals surface area contributed by atoms with Gasteiger partial charge in [-0.3, -0.25) is 9.59 Å². The number of nitrogens with one attached hydrogen (secondary N) is 1. The zero-order valence-corrected chi connectivity index (χ0v) is 22.0. The number of benzene rings is 1. The topological polar surface area (TPSA) is 138 Å².